The molecule has 0 aromatic carbocycles. The summed E-state index contributed by atoms with van der Waals surface area (Å²) in [5.74, 6) is 0.167. The Bertz CT molecular complexity index is 533. The highest BCUT2D eigenvalue weighted by Gasteiger charge is 2.09. The van der Waals surface area contributed by atoms with Gasteiger partial charge in [0.25, 0.3) is 0 Å². The number of carboxylic acid groups (broad SMARTS) is 1. The van der Waals surface area contributed by atoms with Crippen LogP contribution in [-0.2, 0) is 18.0 Å². The van der Waals surface area contributed by atoms with Crippen LogP contribution in [0.5, 0.6) is 5.75 Å². The number of hydrogen-bond acceptors (Lipinski definition) is 6. The fourth-order valence-electron chi connectivity index (χ4n) is 1.30. The Hall–Kier alpha value is -1.86. The van der Waals surface area contributed by atoms with E-state index in [2.05, 4.69) is 5.16 Å². The molecule has 0 bridgehead atoms. The molecular weight excluding hydrogens is 258 g/mol. The summed E-state index contributed by atoms with van der Waals surface area (Å²) in [5.41, 5.74) is 0.630. The molecule has 0 aliphatic heterocycles. The molecular formula is C11H11NO5S. The third kappa shape index (κ3) is 3.08. The van der Waals surface area contributed by atoms with Gasteiger partial charge in [0.15, 0.2) is 5.76 Å². The van der Waals surface area contributed by atoms with Gasteiger partial charge in [-0.25, -0.2) is 4.79 Å². The minimum atomic E-state index is -0.960. The number of methoxy groups -OCH3 is 1. The highest BCUT2D eigenvalue weighted by molar-refractivity contribution is 7.12. The Balaban J connectivity index is 1.91. The Morgan fingerprint density at radius 3 is 3.00 bits per heavy atom. The van der Waals surface area contributed by atoms with Crippen molar-refractivity contribution in [2.45, 2.75) is 13.2 Å². The Kier molecular flexibility index (Phi) is 3.96. The summed E-state index contributed by atoms with van der Waals surface area (Å²) in [5, 5.41) is 14.2. The maximum absolute atomic E-state index is 10.7. The lowest BCUT2D eigenvalue weighted by Gasteiger charge is -1.98. The number of carboxylic acids is 1. The van der Waals surface area contributed by atoms with Crippen molar-refractivity contribution in [2.75, 3.05) is 7.11 Å². The van der Waals surface area contributed by atoms with Crippen LogP contribution in [-0.4, -0.2) is 23.3 Å². The lowest BCUT2D eigenvalue weighted by atomic mass is 10.4. The lowest BCUT2D eigenvalue weighted by Crippen LogP contribution is -1.95. The normalized spacial score (nSPS) is 10.5. The molecule has 18 heavy (non-hydrogen) atoms. The summed E-state index contributed by atoms with van der Waals surface area (Å²) in [6.07, 6.45) is 0. The molecule has 0 spiro atoms. The van der Waals surface area contributed by atoms with Crippen LogP contribution in [0.4, 0.5) is 0 Å². The second-order valence-corrected chi connectivity index (χ2v) is 4.37. The van der Waals surface area contributed by atoms with Crippen LogP contribution in [0, 0.1) is 0 Å². The van der Waals surface area contributed by atoms with Gasteiger partial charge in [0.2, 0.25) is 0 Å². The van der Waals surface area contributed by atoms with E-state index < -0.39 is 5.97 Å². The molecule has 0 radical (unpaired) electrons. The smallest absolute Gasteiger partial charge is 0.346 e. The van der Waals surface area contributed by atoms with E-state index >= 15 is 0 Å². The summed E-state index contributed by atoms with van der Waals surface area (Å²) < 4.78 is 15.3. The highest BCUT2D eigenvalue weighted by Crippen LogP contribution is 2.22. The molecule has 0 atom stereocenters. The first-order chi connectivity index (χ1) is 8.69. The maximum Gasteiger partial charge on any atom is 0.346 e. The summed E-state index contributed by atoms with van der Waals surface area (Å²) in [6.45, 7) is 0.581. The zero-order valence-corrected chi connectivity index (χ0v) is 10.4. The topological polar surface area (TPSA) is 81.8 Å². The molecule has 6 nitrogen and oxygen atoms in total. The van der Waals surface area contributed by atoms with Crippen molar-refractivity contribution < 1.29 is 23.9 Å². The van der Waals surface area contributed by atoms with Crippen molar-refractivity contribution in [3.8, 4) is 5.75 Å². The van der Waals surface area contributed by atoms with Gasteiger partial charge in [-0.3, -0.25) is 0 Å². The molecule has 1 N–H and O–H groups in total. The second-order valence-electron chi connectivity index (χ2n) is 3.46. The number of rotatable bonds is 6. The summed E-state index contributed by atoms with van der Waals surface area (Å²) in [7, 11) is 1.57. The van der Waals surface area contributed by atoms with E-state index in [0.717, 1.165) is 11.3 Å². The molecule has 0 unspecified atom stereocenters. The minimum absolute atomic E-state index is 0.225. The number of carbonyl (C=O) groups is 1. The molecule has 0 saturated heterocycles. The zero-order valence-electron chi connectivity index (χ0n) is 9.58. The SMILES string of the molecule is COCc1cc(COc2csc(C(=O)O)c2)no1. The van der Waals surface area contributed by atoms with Crippen LogP contribution in [0.3, 0.4) is 0 Å². The van der Waals surface area contributed by atoms with Crippen molar-refractivity contribution >= 4 is 17.3 Å². The third-order valence-corrected chi connectivity index (χ3v) is 2.96. The molecule has 2 aromatic heterocycles. The van der Waals surface area contributed by atoms with Gasteiger partial charge in [-0.15, -0.1) is 11.3 Å². The van der Waals surface area contributed by atoms with Crippen molar-refractivity contribution in [2.24, 2.45) is 0 Å². The minimum Gasteiger partial charge on any atom is -0.486 e. The van der Waals surface area contributed by atoms with Gasteiger partial charge in [0.1, 0.15) is 29.5 Å². The number of hydrogen-bond donors (Lipinski definition) is 1. The summed E-state index contributed by atoms with van der Waals surface area (Å²) >= 11 is 1.12. The van der Waals surface area contributed by atoms with Gasteiger partial charge in [0, 0.05) is 24.6 Å². The fraction of sp³-hybridized carbons (Fsp3) is 0.273. The van der Waals surface area contributed by atoms with Gasteiger partial charge in [-0.1, -0.05) is 5.16 Å². The van der Waals surface area contributed by atoms with Gasteiger partial charge < -0.3 is 19.1 Å². The van der Waals surface area contributed by atoms with E-state index in [1.807, 2.05) is 0 Å². The first-order valence-electron chi connectivity index (χ1n) is 5.07. The Morgan fingerprint density at radius 2 is 2.33 bits per heavy atom. The number of aromatic nitrogens is 1. The van der Waals surface area contributed by atoms with Crippen molar-refractivity contribution in [1.82, 2.24) is 5.16 Å². The molecule has 0 saturated carbocycles. The quantitative estimate of drug-likeness (QED) is 0.865. The second kappa shape index (κ2) is 5.65. The predicted molar refractivity (Wildman–Crippen MR) is 62.8 cm³/mol. The van der Waals surface area contributed by atoms with E-state index in [0.29, 0.717) is 23.8 Å². The van der Waals surface area contributed by atoms with Gasteiger partial charge in [-0.05, 0) is 0 Å². The molecule has 0 aliphatic rings. The molecule has 2 aromatic rings. The largest absolute Gasteiger partial charge is 0.486 e. The van der Waals surface area contributed by atoms with Gasteiger partial charge >= 0.3 is 5.97 Å². The first-order valence-corrected chi connectivity index (χ1v) is 5.95. The number of ether oxygens (including phenoxy) is 2. The van der Waals surface area contributed by atoms with E-state index in [-0.39, 0.29) is 11.5 Å². The molecule has 2 heterocycles. The van der Waals surface area contributed by atoms with E-state index in [1.165, 1.54) is 6.07 Å². The number of nitrogens with zero attached hydrogens (tertiary/aromatic N) is 1. The highest BCUT2D eigenvalue weighted by atomic mass is 32.1. The monoisotopic (exact) mass is 269 g/mol. The van der Waals surface area contributed by atoms with Crippen LogP contribution >= 0.6 is 11.3 Å². The van der Waals surface area contributed by atoms with Gasteiger partial charge in [0.05, 0.1) is 0 Å². The van der Waals surface area contributed by atoms with Crippen LogP contribution in [0.2, 0.25) is 0 Å². The molecule has 2 rings (SSSR count). The maximum atomic E-state index is 10.7. The average Bonchev–Trinajstić information content (AvgIpc) is 2.95. The number of aromatic carboxylic acids is 1. The molecule has 0 aliphatic carbocycles. The molecule has 96 valence electrons. The summed E-state index contributed by atoms with van der Waals surface area (Å²) in [4.78, 5) is 10.9. The Labute approximate surface area is 107 Å². The first kappa shape index (κ1) is 12.6. The van der Waals surface area contributed by atoms with Crippen LogP contribution in [0.15, 0.2) is 22.0 Å². The zero-order chi connectivity index (χ0) is 13.0. The van der Waals surface area contributed by atoms with E-state index in [9.17, 15) is 4.79 Å². The Morgan fingerprint density at radius 1 is 1.50 bits per heavy atom. The van der Waals surface area contributed by atoms with Gasteiger partial charge in [-0.2, -0.15) is 0 Å². The van der Waals surface area contributed by atoms with E-state index in [1.54, 1.807) is 18.6 Å². The average molecular weight is 269 g/mol. The number of thiophene rings is 1. The van der Waals surface area contributed by atoms with Crippen molar-refractivity contribution in [3.63, 3.8) is 0 Å². The van der Waals surface area contributed by atoms with Crippen LogP contribution < -0.4 is 4.74 Å². The lowest BCUT2D eigenvalue weighted by molar-refractivity contribution is 0.0702. The third-order valence-electron chi connectivity index (χ3n) is 2.07. The summed E-state index contributed by atoms with van der Waals surface area (Å²) in [6, 6.07) is 3.21. The molecule has 0 fully saturated rings. The van der Waals surface area contributed by atoms with E-state index in [4.69, 9.17) is 19.1 Å². The molecule has 7 heteroatoms. The van der Waals surface area contributed by atoms with Crippen molar-refractivity contribution in [1.29, 1.82) is 0 Å². The predicted octanol–water partition coefficient (Wildman–Crippen LogP) is 2.16. The van der Waals surface area contributed by atoms with Crippen LogP contribution in [0.25, 0.3) is 0 Å². The fourth-order valence-corrected chi connectivity index (χ4v) is 1.96. The standard InChI is InChI=1S/C11H11NO5S/c1-15-5-8-2-7(12-17-8)4-16-9-3-10(11(13)14)18-6-9/h2-3,6H,4-5H2,1H3,(H,13,14). The van der Waals surface area contributed by atoms with Crippen LogP contribution in [0.1, 0.15) is 21.1 Å². The molecule has 0 amide bonds. The van der Waals surface area contributed by atoms with Crippen molar-refractivity contribution in [3.05, 3.63) is 33.8 Å².